The standard InChI is InChI=1S/C25H31BrN2O/c1-7-10-12-22(24(18(4)5)25(27-6)28-9-3)21(11-8-2)23(29)17-19-13-15-20(26)16-14-19/h7-8,10-11,13-16,28H,4,6,9,12,17H2,1-3,5H3/b10-7?,11-8+,22-21+,25-24-. The highest BCUT2D eigenvalue weighted by atomic mass is 79.9. The monoisotopic (exact) mass is 454 g/mol. The van der Waals surface area contributed by atoms with E-state index in [-0.39, 0.29) is 5.78 Å². The number of hydrogen-bond acceptors (Lipinski definition) is 3. The summed E-state index contributed by atoms with van der Waals surface area (Å²) in [5.41, 5.74) is 4.23. The third-order valence-electron chi connectivity index (χ3n) is 4.26. The topological polar surface area (TPSA) is 41.5 Å². The average Bonchev–Trinajstić information content (AvgIpc) is 2.69. The molecule has 0 amide bonds. The van der Waals surface area contributed by atoms with Crippen molar-refractivity contribution in [1.29, 1.82) is 0 Å². The number of carbonyl (C=O) groups is 1. The fourth-order valence-electron chi connectivity index (χ4n) is 2.99. The van der Waals surface area contributed by atoms with Crippen LogP contribution in [0.4, 0.5) is 0 Å². The molecule has 29 heavy (non-hydrogen) atoms. The number of aliphatic imine (C=N–C) groups is 1. The minimum Gasteiger partial charge on any atom is -0.370 e. The molecule has 3 nitrogen and oxygen atoms in total. The molecule has 0 aliphatic carbocycles. The number of nitrogens with one attached hydrogen (secondary N) is 1. The summed E-state index contributed by atoms with van der Waals surface area (Å²) in [5, 5.41) is 3.25. The van der Waals surface area contributed by atoms with Gasteiger partial charge in [0.25, 0.3) is 0 Å². The first-order valence-corrected chi connectivity index (χ1v) is 10.5. The molecule has 0 aliphatic heterocycles. The van der Waals surface area contributed by atoms with Crippen molar-refractivity contribution in [2.45, 2.75) is 40.5 Å². The van der Waals surface area contributed by atoms with E-state index in [1.165, 1.54) is 0 Å². The average molecular weight is 455 g/mol. The Bertz CT molecular complexity index is 855. The summed E-state index contributed by atoms with van der Waals surface area (Å²) < 4.78 is 0.992. The van der Waals surface area contributed by atoms with Gasteiger partial charge >= 0.3 is 0 Å². The van der Waals surface area contributed by atoms with E-state index in [1.807, 2.05) is 76.3 Å². The van der Waals surface area contributed by atoms with Gasteiger partial charge in [0.05, 0.1) is 0 Å². The highest BCUT2D eigenvalue weighted by Crippen LogP contribution is 2.29. The van der Waals surface area contributed by atoms with Gasteiger partial charge in [0.15, 0.2) is 5.78 Å². The summed E-state index contributed by atoms with van der Waals surface area (Å²) in [6, 6.07) is 7.83. The smallest absolute Gasteiger partial charge is 0.167 e. The molecule has 0 spiro atoms. The number of hydrogen-bond donors (Lipinski definition) is 1. The van der Waals surface area contributed by atoms with Gasteiger partial charge in [0, 0.05) is 28.6 Å². The molecule has 0 saturated carbocycles. The van der Waals surface area contributed by atoms with Crippen LogP contribution in [0.25, 0.3) is 0 Å². The van der Waals surface area contributed by atoms with Crippen LogP contribution in [0.2, 0.25) is 0 Å². The highest BCUT2D eigenvalue weighted by molar-refractivity contribution is 9.10. The zero-order valence-electron chi connectivity index (χ0n) is 17.9. The lowest BCUT2D eigenvalue weighted by Crippen LogP contribution is -2.16. The third kappa shape index (κ3) is 7.47. The van der Waals surface area contributed by atoms with Crippen LogP contribution in [-0.2, 0) is 11.2 Å². The van der Waals surface area contributed by atoms with E-state index in [2.05, 4.69) is 39.5 Å². The minimum absolute atomic E-state index is 0.0589. The molecular formula is C25H31BrN2O. The Kier molecular flexibility index (Phi) is 10.9. The Morgan fingerprint density at radius 3 is 2.34 bits per heavy atom. The van der Waals surface area contributed by atoms with Crippen molar-refractivity contribution >= 4 is 28.4 Å². The number of nitrogens with zero attached hydrogens (tertiary/aromatic N) is 1. The molecule has 1 rings (SSSR count). The van der Waals surface area contributed by atoms with E-state index in [4.69, 9.17) is 0 Å². The fraction of sp³-hybridized carbons (Fsp3) is 0.280. The summed E-state index contributed by atoms with van der Waals surface area (Å²) in [4.78, 5) is 17.5. The Morgan fingerprint density at radius 2 is 1.86 bits per heavy atom. The summed E-state index contributed by atoms with van der Waals surface area (Å²) >= 11 is 3.44. The van der Waals surface area contributed by atoms with Gasteiger partial charge in [-0.1, -0.05) is 58.9 Å². The second-order valence-electron chi connectivity index (χ2n) is 6.58. The van der Waals surface area contributed by atoms with Crippen molar-refractivity contribution in [2.75, 3.05) is 6.54 Å². The normalized spacial score (nSPS) is 13.3. The molecular weight excluding hydrogens is 424 g/mol. The molecule has 4 heteroatoms. The molecule has 0 unspecified atom stereocenters. The number of benzene rings is 1. The zero-order valence-corrected chi connectivity index (χ0v) is 19.5. The minimum atomic E-state index is 0.0589. The maximum absolute atomic E-state index is 13.3. The number of halogens is 1. The lowest BCUT2D eigenvalue weighted by molar-refractivity contribution is -0.114. The third-order valence-corrected chi connectivity index (χ3v) is 4.79. The second kappa shape index (κ2) is 12.9. The number of rotatable bonds is 11. The molecule has 154 valence electrons. The van der Waals surface area contributed by atoms with E-state index in [1.54, 1.807) is 0 Å². The number of Topliss-reactive ketones (excluding diaryl/α,β-unsaturated/α-hetero) is 1. The molecule has 0 saturated heterocycles. The molecule has 0 heterocycles. The fourth-order valence-corrected chi connectivity index (χ4v) is 3.25. The summed E-state index contributed by atoms with van der Waals surface area (Å²) in [7, 11) is 0. The molecule has 0 aliphatic rings. The lowest BCUT2D eigenvalue weighted by atomic mass is 9.88. The second-order valence-corrected chi connectivity index (χ2v) is 7.50. The van der Waals surface area contributed by atoms with E-state index in [0.29, 0.717) is 30.8 Å². The quantitative estimate of drug-likeness (QED) is 0.179. The number of allylic oxidation sites excluding steroid dienone is 8. The van der Waals surface area contributed by atoms with Crippen LogP contribution in [0, 0.1) is 0 Å². The van der Waals surface area contributed by atoms with E-state index >= 15 is 0 Å². The first-order valence-electron chi connectivity index (χ1n) is 9.75. The summed E-state index contributed by atoms with van der Waals surface area (Å²) in [6.45, 7) is 16.4. The van der Waals surface area contributed by atoms with Crippen LogP contribution in [0.1, 0.15) is 39.7 Å². The van der Waals surface area contributed by atoms with Crippen molar-refractivity contribution < 1.29 is 4.79 Å². The number of carbonyl (C=O) groups excluding carboxylic acids is 1. The van der Waals surface area contributed by atoms with Gasteiger partial charge in [-0.05, 0) is 69.7 Å². The van der Waals surface area contributed by atoms with Gasteiger partial charge in [-0.15, -0.1) is 0 Å². The Morgan fingerprint density at radius 1 is 1.21 bits per heavy atom. The largest absolute Gasteiger partial charge is 0.370 e. The molecule has 0 bridgehead atoms. The van der Waals surface area contributed by atoms with Gasteiger partial charge in [0.2, 0.25) is 0 Å². The first kappa shape index (κ1) is 24.6. The molecule has 0 fully saturated rings. The van der Waals surface area contributed by atoms with Gasteiger partial charge in [-0.2, -0.15) is 0 Å². The molecule has 0 aromatic heterocycles. The van der Waals surface area contributed by atoms with E-state index in [0.717, 1.165) is 26.8 Å². The Balaban J connectivity index is 3.65. The molecule has 1 aromatic rings. The SMILES string of the molecule is C=N/C(NCC)=C(C(=C)C)/C(CC=CC)=C(\C=C\C)C(=O)Cc1ccc(Br)cc1. The summed E-state index contributed by atoms with van der Waals surface area (Å²) in [5.74, 6) is 0.710. The van der Waals surface area contributed by atoms with Crippen molar-refractivity contribution in [3.8, 4) is 0 Å². The van der Waals surface area contributed by atoms with Gasteiger partial charge in [-0.25, -0.2) is 4.99 Å². The number of ketones is 1. The van der Waals surface area contributed by atoms with E-state index < -0.39 is 0 Å². The highest BCUT2D eigenvalue weighted by Gasteiger charge is 2.19. The van der Waals surface area contributed by atoms with Crippen molar-refractivity contribution in [3.05, 3.63) is 93.3 Å². The molecule has 0 radical (unpaired) electrons. The van der Waals surface area contributed by atoms with Crippen LogP contribution in [0.15, 0.2) is 92.7 Å². The van der Waals surface area contributed by atoms with Crippen LogP contribution < -0.4 is 5.32 Å². The van der Waals surface area contributed by atoms with Gasteiger partial charge in [0.1, 0.15) is 5.82 Å². The Labute approximate surface area is 183 Å². The maximum atomic E-state index is 13.3. The van der Waals surface area contributed by atoms with Crippen LogP contribution in [0.5, 0.6) is 0 Å². The van der Waals surface area contributed by atoms with Crippen LogP contribution in [0.3, 0.4) is 0 Å². The zero-order chi connectivity index (χ0) is 21.8. The lowest BCUT2D eigenvalue weighted by Gasteiger charge is -2.19. The van der Waals surface area contributed by atoms with E-state index in [9.17, 15) is 4.79 Å². The first-order chi connectivity index (χ1) is 13.9. The predicted octanol–water partition coefficient (Wildman–Crippen LogP) is 6.50. The molecule has 1 aromatic carbocycles. The van der Waals surface area contributed by atoms with Crippen LogP contribution >= 0.6 is 15.9 Å². The predicted molar refractivity (Wildman–Crippen MR) is 129 cm³/mol. The van der Waals surface area contributed by atoms with Crippen molar-refractivity contribution in [2.24, 2.45) is 4.99 Å². The van der Waals surface area contributed by atoms with Gasteiger partial charge < -0.3 is 5.32 Å². The molecule has 0 atom stereocenters. The van der Waals surface area contributed by atoms with Crippen molar-refractivity contribution in [3.63, 3.8) is 0 Å². The maximum Gasteiger partial charge on any atom is 0.167 e. The van der Waals surface area contributed by atoms with Crippen molar-refractivity contribution in [1.82, 2.24) is 5.32 Å². The Hall–Kier alpha value is -2.46. The molecule has 1 N–H and O–H groups in total. The van der Waals surface area contributed by atoms with Crippen LogP contribution in [-0.4, -0.2) is 19.0 Å². The summed E-state index contributed by atoms with van der Waals surface area (Å²) in [6.07, 6.45) is 8.74. The van der Waals surface area contributed by atoms with Gasteiger partial charge in [-0.3, -0.25) is 4.79 Å².